The van der Waals surface area contributed by atoms with Crippen LogP contribution in [-0.2, 0) is 14.3 Å². The SMILES string of the molecule is O=C(COc1ccc(Cl)c(F)c1)NC1CCN(C(=O)NNC(=O)C2CC(OC(F)(F)F)C2)CC1. The van der Waals surface area contributed by atoms with Crippen LogP contribution in [0.4, 0.5) is 22.4 Å². The molecule has 2 aliphatic rings. The molecule has 0 atom stereocenters. The van der Waals surface area contributed by atoms with E-state index in [0.717, 1.165) is 6.07 Å². The second-order valence-corrected chi connectivity index (χ2v) is 8.37. The van der Waals surface area contributed by atoms with E-state index in [2.05, 4.69) is 20.9 Å². The Kier molecular flexibility index (Phi) is 8.42. The van der Waals surface area contributed by atoms with Crippen LogP contribution in [0, 0.1) is 11.7 Å². The molecule has 1 aromatic carbocycles. The zero-order chi connectivity index (χ0) is 24.9. The number of ether oxygens (including phenoxy) is 2. The summed E-state index contributed by atoms with van der Waals surface area (Å²) in [6, 6.07) is 3.07. The van der Waals surface area contributed by atoms with Crippen molar-refractivity contribution < 1.29 is 41.4 Å². The number of hydrogen-bond donors (Lipinski definition) is 3. The summed E-state index contributed by atoms with van der Waals surface area (Å²) >= 11 is 5.59. The molecule has 2 fully saturated rings. The van der Waals surface area contributed by atoms with Gasteiger partial charge >= 0.3 is 12.4 Å². The number of rotatable bonds is 6. The maximum Gasteiger partial charge on any atom is 0.522 e. The van der Waals surface area contributed by atoms with Gasteiger partial charge in [0.1, 0.15) is 11.6 Å². The van der Waals surface area contributed by atoms with Gasteiger partial charge in [-0.15, -0.1) is 13.2 Å². The first-order valence-corrected chi connectivity index (χ1v) is 10.8. The zero-order valence-electron chi connectivity index (χ0n) is 17.8. The lowest BCUT2D eigenvalue weighted by Gasteiger charge is -2.35. The average Bonchev–Trinajstić information content (AvgIpc) is 2.74. The highest BCUT2D eigenvalue weighted by molar-refractivity contribution is 6.30. The molecule has 4 amide bonds. The predicted molar refractivity (Wildman–Crippen MR) is 110 cm³/mol. The molecule has 0 radical (unpaired) electrons. The highest BCUT2D eigenvalue weighted by Crippen LogP contribution is 2.34. The lowest BCUT2D eigenvalue weighted by atomic mass is 9.82. The molecule has 0 spiro atoms. The van der Waals surface area contributed by atoms with Crippen LogP contribution in [0.5, 0.6) is 5.75 Å². The van der Waals surface area contributed by atoms with Gasteiger partial charge in [-0.3, -0.25) is 19.8 Å². The molecule has 3 N–H and O–H groups in total. The smallest absolute Gasteiger partial charge is 0.484 e. The Labute approximate surface area is 197 Å². The molecular formula is C20H23ClF4N4O5. The molecule has 9 nitrogen and oxygen atoms in total. The van der Waals surface area contributed by atoms with E-state index >= 15 is 0 Å². The fourth-order valence-corrected chi connectivity index (χ4v) is 3.69. The lowest BCUT2D eigenvalue weighted by molar-refractivity contribution is -0.353. The first-order valence-electron chi connectivity index (χ1n) is 10.5. The van der Waals surface area contributed by atoms with Crippen molar-refractivity contribution in [2.24, 2.45) is 5.92 Å². The fraction of sp³-hybridized carbons (Fsp3) is 0.550. The molecule has 0 aromatic heterocycles. The van der Waals surface area contributed by atoms with Crippen LogP contribution in [0.2, 0.25) is 5.02 Å². The van der Waals surface area contributed by atoms with Crippen molar-refractivity contribution in [3.8, 4) is 5.75 Å². The van der Waals surface area contributed by atoms with Crippen LogP contribution < -0.4 is 20.9 Å². The second-order valence-electron chi connectivity index (χ2n) is 7.97. The normalized spacial score (nSPS) is 20.8. The average molecular weight is 511 g/mol. The van der Waals surface area contributed by atoms with E-state index in [4.69, 9.17) is 16.3 Å². The second kappa shape index (κ2) is 11.1. The topological polar surface area (TPSA) is 109 Å². The van der Waals surface area contributed by atoms with Gasteiger partial charge in [0, 0.05) is 31.1 Å². The summed E-state index contributed by atoms with van der Waals surface area (Å²) in [4.78, 5) is 37.6. The van der Waals surface area contributed by atoms with Gasteiger partial charge in [0.25, 0.3) is 5.91 Å². The van der Waals surface area contributed by atoms with Gasteiger partial charge in [-0.2, -0.15) is 0 Å². The zero-order valence-corrected chi connectivity index (χ0v) is 18.5. The Hall–Kier alpha value is -2.80. The van der Waals surface area contributed by atoms with Crippen LogP contribution in [0.25, 0.3) is 0 Å². The van der Waals surface area contributed by atoms with Gasteiger partial charge in [-0.25, -0.2) is 14.6 Å². The van der Waals surface area contributed by atoms with Gasteiger partial charge in [0.2, 0.25) is 5.91 Å². The number of nitrogens with one attached hydrogen (secondary N) is 3. The van der Waals surface area contributed by atoms with E-state index in [1.807, 2.05) is 0 Å². The number of likely N-dealkylation sites (tertiary alicyclic amines) is 1. The largest absolute Gasteiger partial charge is 0.522 e. The van der Waals surface area contributed by atoms with Crippen LogP contribution >= 0.6 is 11.6 Å². The summed E-state index contributed by atoms with van der Waals surface area (Å²) in [6.07, 6.45) is -5.04. The molecular weight excluding hydrogens is 488 g/mol. The Morgan fingerprint density at radius 3 is 2.41 bits per heavy atom. The molecule has 1 aliphatic carbocycles. The third-order valence-electron chi connectivity index (χ3n) is 5.47. The molecule has 1 saturated heterocycles. The Bertz CT molecular complexity index is 905. The van der Waals surface area contributed by atoms with E-state index < -0.39 is 42.0 Å². The minimum absolute atomic E-state index is 0.0561. The van der Waals surface area contributed by atoms with Crippen LogP contribution in [0.1, 0.15) is 25.7 Å². The van der Waals surface area contributed by atoms with Crippen LogP contribution in [-0.4, -0.2) is 60.9 Å². The number of hydrogen-bond acceptors (Lipinski definition) is 5. The Morgan fingerprint density at radius 2 is 1.79 bits per heavy atom. The van der Waals surface area contributed by atoms with Crippen molar-refractivity contribution >= 4 is 29.4 Å². The Morgan fingerprint density at radius 1 is 1.12 bits per heavy atom. The molecule has 1 aromatic rings. The fourth-order valence-electron chi connectivity index (χ4n) is 3.57. The minimum atomic E-state index is -4.74. The number of piperidine rings is 1. The molecule has 14 heteroatoms. The monoisotopic (exact) mass is 510 g/mol. The van der Waals surface area contributed by atoms with Gasteiger partial charge in [-0.1, -0.05) is 11.6 Å². The quantitative estimate of drug-likeness (QED) is 0.402. The summed E-state index contributed by atoms with van der Waals surface area (Å²) in [5.74, 6) is -2.15. The van der Waals surface area contributed by atoms with E-state index in [1.54, 1.807) is 0 Å². The van der Waals surface area contributed by atoms with Crippen molar-refractivity contribution in [1.29, 1.82) is 0 Å². The number of alkyl halides is 3. The van der Waals surface area contributed by atoms with E-state index in [9.17, 15) is 31.9 Å². The third-order valence-corrected chi connectivity index (χ3v) is 5.77. The van der Waals surface area contributed by atoms with E-state index in [-0.39, 0.29) is 36.3 Å². The summed E-state index contributed by atoms with van der Waals surface area (Å²) in [5.41, 5.74) is 4.45. The van der Waals surface area contributed by atoms with E-state index in [0.29, 0.717) is 25.9 Å². The Balaban J connectivity index is 1.29. The van der Waals surface area contributed by atoms with Gasteiger partial charge in [0.05, 0.1) is 11.1 Å². The lowest BCUT2D eigenvalue weighted by Crippen LogP contribution is -2.55. The number of nitrogens with zero attached hydrogens (tertiary/aromatic N) is 1. The van der Waals surface area contributed by atoms with Crippen LogP contribution in [0.3, 0.4) is 0 Å². The number of halogens is 5. The summed E-state index contributed by atoms with van der Waals surface area (Å²) in [5, 5.41) is 2.72. The van der Waals surface area contributed by atoms with Crippen LogP contribution in [0.15, 0.2) is 18.2 Å². The van der Waals surface area contributed by atoms with Gasteiger partial charge in [-0.05, 0) is 37.8 Å². The van der Waals surface area contributed by atoms with Crippen molar-refractivity contribution in [1.82, 2.24) is 21.1 Å². The number of hydrazine groups is 1. The van der Waals surface area contributed by atoms with Crippen molar-refractivity contribution in [2.45, 2.75) is 44.2 Å². The minimum Gasteiger partial charge on any atom is -0.484 e. The van der Waals surface area contributed by atoms with Gasteiger partial charge < -0.3 is 15.0 Å². The highest BCUT2D eigenvalue weighted by Gasteiger charge is 2.42. The van der Waals surface area contributed by atoms with Crippen molar-refractivity contribution in [3.05, 3.63) is 29.0 Å². The molecule has 0 bridgehead atoms. The molecule has 1 aliphatic heterocycles. The summed E-state index contributed by atoms with van der Waals surface area (Å²) in [7, 11) is 0. The van der Waals surface area contributed by atoms with Gasteiger partial charge in [0.15, 0.2) is 6.61 Å². The first-order chi connectivity index (χ1) is 16.0. The number of carbonyl (C=O) groups is 3. The molecule has 34 heavy (non-hydrogen) atoms. The molecule has 1 heterocycles. The van der Waals surface area contributed by atoms with Crippen molar-refractivity contribution in [3.63, 3.8) is 0 Å². The maximum absolute atomic E-state index is 13.4. The summed E-state index contributed by atoms with van der Waals surface area (Å²) < 4.78 is 58.8. The van der Waals surface area contributed by atoms with Crippen molar-refractivity contribution in [2.75, 3.05) is 19.7 Å². The first kappa shape index (κ1) is 25.8. The maximum atomic E-state index is 13.4. The molecule has 188 valence electrons. The third kappa shape index (κ3) is 7.62. The molecule has 1 saturated carbocycles. The highest BCUT2D eigenvalue weighted by atomic mass is 35.5. The van der Waals surface area contributed by atoms with E-state index in [1.165, 1.54) is 17.0 Å². The molecule has 0 unspecified atom stereocenters. The standard InChI is InChI=1S/C20H23ClF4N4O5/c21-15-2-1-13(9-16(15)22)33-10-17(30)26-12-3-5-29(6-4-12)19(32)28-27-18(31)11-7-14(8-11)34-20(23,24)25/h1-2,9,11-12,14H,3-8,10H2,(H,26,30)(H,27,31)(H,28,32). The predicted octanol–water partition coefficient (Wildman–Crippen LogP) is 2.49. The number of carbonyl (C=O) groups excluding carboxylic acids is 3. The molecule has 3 rings (SSSR count). The summed E-state index contributed by atoms with van der Waals surface area (Å²) in [6.45, 7) is 0.297. The number of urea groups is 1. The number of amides is 4. The number of benzene rings is 1.